The molecule has 0 saturated carbocycles. The maximum atomic E-state index is 6.40. The molecule has 0 aliphatic carbocycles. The molecule has 0 aromatic carbocycles. The standard InChI is InChI=1S/C15H30NOSi/c1-7-10-15(17-18(4,5)6)14-13-16(14,11-8-2)12-9-3/h8-9,14-15H,2-3,7,10-13H2,1,4-6H3/q+1/t14-,15+/m1/s1. The fourth-order valence-electron chi connectivity index (χ4n) is 2.87. The zero-order valence-corrected chi connectivity index (χ0v) is 13.6. The van der Waals surface area contributed by atoms with Gasteiger partial charge in [-0.3, -0.25) is 0 Å². The van der Waals surface area contributed by atoms with Crippen molar-refractivity contribution in [1.29, 1.82) is 0 Å². The molecule has 1 fully saturated rings. The van der Waals surface area contributed by atoms with Gasteiger partial charge in [-0.15, -0.1) is 0 Å². The molecule has 0 aromatic heterocycles. The summed E-state index contributed by atoms with van der Waals surface area (Å²) < 4.78 is 7.52. The topological polar surface area (TPSA) is 9.23 Å². The van der Waals surface area contributed by atoms with Gasteiger partial charge in [0, 0.05) is 0 Å². The third-order valence-electron chi connectivity index (χ3n) is 3.61. The maximum Gasteiger partial charge on any atom is 0.184 e. The monoisotopic (exact) mass is 268 g/mol. The van der Waals surface area contributed by atoms with Crippen LogP contribution in [0.1, 0.15) is 19.8 Å². The van der Waals surface area contributed by atoms with E-state index in [2.05, 4.69) is 39.7 Å². The van der Waals surface area contributed by atoms with Crippen molar-refractivity contribution in [3.8, 4) is 0 Å². The van der Waals surface area contributed by atoms with Crippen LogP contribution in [0.5, 0.6) is 0 Å². The first kappa shape index (κ1) is 15.7. The molecule has 1 aliphatic rings. The van der Waals surface area contributed by atoms with Crippen LogP contribution < -0.4 is 0 Å². The highest BCUT2D eigenvalue weighted by Crippen LogP contribution is 2.37. The predicted molar refractivity (Wildman–Crippen MR) is 82.2 cm³/mol. The molecule has 1 aliphatic heterocycles. The summed E-state index contributed by atoms with van der Waals surface area (Å²) in [7, 11) is -1.45. The number of quaternary nitrogens is 1. The van der Waals surface area contributed by atoms with Crippen LogP contribution in [-0.2, 0) is 4.43 Å². The molecule has 0 bridgehead atoms. The first-order chi connectivity index (χ1) is 8.38. The SMILES string of the molecule is C=CC[N+]1(CC=C)C[C@@H]1[C@H](CCC)O[Si](C)(C)C. The van der Waals surface area contributed by atoms with Crippen LogP contribution in [-0.4, -0.2) is 44.6 Å². The molecule has 0 unspecified atom stereocenters. The fourth-order valence-corrected chi connectivity index (χ4v) is 4.06. The molecule has 2 nitrogen and oxygen atoms in total. The highest BCUT2D eigenvalue weighted by atomic mass is 28.4. The first-order valence-corrected chi connectivity index (χ1v) is 10.5. The second-order valence-corrected chi connectivity index (χ2v) is 10.9. The summed E-state index contributed by atoms with van der Waals surface area (Å²) >= 11 is 0. The summed E-state index contributed by atoms with van der Waals surface area (Å²) in [6.45, 7) is 20.2. The van der Waals surface area contributed by atoms with Crippen molar-refractivity contribution in [3.63, 3.8) is 0 Å². The van der Waals surface area contributed by atoms with E-state index in [1.165, 1.54) is 19.4 Å². The summed E-state index contributed by atoms with van der Waals surface area (Å²) in [5.74, 6) is 0. The largest absolute Gasteiger partial charge is 0.408 e. The van der Waals surface area contributed by atoms with E-state index in [0.717, 1.165) is 17.6 Å². The van der Waals surface area contributed by atoms with E-state index >= 15 is 0 Å². The van der Waals surface area contributed by atoms with Crippen LogP contribution in [0, 0.1) is 0 Å². The van der Waals surface area contributed by atoms with Crippen LogP contribution in [0.4, 0.5) is 0 Å². The van der Waals surface area contributed by atoms with E-state index in [0.29, 0.717) is 12.1 Å². The molecule has 18 heavy (non-hydrogen) atoms. The fraction of sp³-hybridized carbons (Fsp3) is 0.733. The van der Waals surface area contributed by atoms with E-state index in [1.807, 2.05) is 12.2 Å². The van der Waals surface area contributed by atoms with Crippen LogP contribution >= 0.6 is 0 Å². The van der Waals surface area contributed by atoms with Crippen LogP contribution in [0.3, 0.4) is 0 Å². The van der Waals surface area contributed by atoms with Crippen molar-refractivity contribution in [2.75, 3.05) is 19.6 Å². The van der Waals surface area contributed by atoms with Crippen LogP contribution in [0.2, 0.25) is 19.6 Å². The molecule has 104 valence electrons. The normalized spacial score (nSPS) is 23.4. The Bertz CT molecular complexity index is 285. The highest BCUT2D eigenvalue weighted by Gasteiger charge is 2.57. The van der Waals surface area contributed by atoms with Crippen molar-refractivity contribution in [2.24, 2.45) is 0 Å². The first-order valence-electron chi connectivity index (χ1n) is 7.14. The van der Waals surface area contributed by atoms with Gasteiger partial charge in [-0.25, -0.2) is 0 Å². The van der Waals surface area contributed by atoms with Crippen molar-refractivity contribution in [2.45, 2.75) is 51.6 Å². The van der Waals surface area contributed by atoms with E-state index in [9.17, 15) is 0 Å². The molecule has 0 amide bonds. The van der Waals surface area contributed by atoms with Gasteiger partial charge < -0.3 is 8.91 Å². The second-order valence-electron chi connectivity index (χ2n) is 6.47. The van der Waals surface area contributed by atoms with E-state index < -0.39 is 8.32 Å². The lowest BCUT2D eigenvalue weighted by atomic mass is 10.1. The molecule has 0 radical (unpaired) electrons. The Labute approximate surface area is 114 Å². The molecule has 3 heteroatoms. The van der Waals surface area contributed by atoms with E-state index in [4.69, 9.17) is 4.43 Å². The maximum absolute atomic E-state index is 6.40. The Hall–Kier alpha value is -0.383. The van der Waals surface area contributed by atoms with Crippen molar-refractivity contribution >= 4 is 8.32 Å². The lowest BCUT2D eigenvalue weighted by Gasteiger charge is -2.27. The van der Waals surface area contributed by atoms with Crippen LogP contribution in [0.25, 0.3) is 0 Å². The van der Waals surface area contributed by atoms with Crippen molar-refractivity contribution in [3.05, 3.63) is 25.3 Å². The molecule has 2 atom stereocenters. The summed E-state index contributed by atoms with van der Waals surface area (Å²) in [4.78, 5) is 0. The van der Waals surface area contributed by atoms with Gasteiger partial charge in [0.15, 0.2) is 14.4 Å². The van der Waals surface area contributed by atoms with Gasteiger partial charge in [0.05, 0.1) is 13.1 Å². The lowest BCUT2D eigenvalue weighted by Crippen LogP contribution is -2.40. The second kappa shape index (κ2) is 6.18. The molecule has 0 aromatic rings. The van der Waals surface area contributed by atoms with Crippen molar-refractivity contribution < 1.29 is 8.91 Å². The van der Waals surface area contributed by atoms with Gasteiger partial charge in [-0.05, 0) is 38.2 Å². The summed E-state index contributed by atoms with van der Waals surface area (Å²) in [6.07, 6.45) is 6.90. The molecule has 1 rings (SSSR count). The van der Waals surface area contributed by atoms with Crippen molar-refractivity contribution in [1.82, 2.24) is 0 Å². The van der Waals surface area contributed by atoms with Gasteiger partial charge in [0.25, 0.3) is 0 Å². The Morgan fingerprint density at radius 1 is 1.28 bits per heavy atom. The van der Waals surface area contributed by atoms with Gasteiger partial charge in [-0.1, -0.05) is 26.5 Å². The average Bonchev–Trinajstić information content (AvgIpc) is 2.91. The quantitative estimate of drug-likeness (QED) is 0.269. The van der Waals surface area contributed by atoms with Gasteiger partial charge in [0.2, 0.25) is 0 Å². The minimum Gasteiger partial charge on any atom is -0.408 e. The summed E-state index contributed by atoms with van der Waals surface area (Å²) in [5, 5.41) is 0. The Morgan fingerprint density at radius 2 is 1.83 bits per heavy atom. The van der Waals surface area contributed by atoms with Gasteiger partial charge in [0.1, 0.15) is 12.6 Å². The van der Waals surface area contributed by atoms with E-state index in [1.54, 1.807) is 0 Å². The summed E-state index contributed by atoms with van der Waals surface area (Å²) in [5.41, 5.74) is 0. The highest BCUT2D eigenvalue weighted by molar-refractivity contribution is 6.69. The Kier molecular flexibility index (Phi) is 5.38. The third-order valence-corrected chi connectivity index (χ3v) is 4.62. The molecule has 0 spiro atoms. The molecule has 0 N–H and O–H groups in total. The number of nitrogens with zero attached hydrogens (tertiary/aromatic N) is 1. The average molecular weight is 268 g/mol. The molecule has 1 heterocycles. The minimum atomic E-state index is -1.45. The Morgan fingerprint density at radius 3 is 2.22 bits per heavy atom. The van der Waals surface area contributed by atoms with E-state index in [-0.39, 0.29) is 0 Å². The minimum absolute atomic E-state index is 0.432. The van der Waals surface area contributed by atoms with Gasteiger partial charge in [-0.2, -0.15) is 0 Å². The number of hydrogen-bond donors (Lipinski definition) is 0. The zero-order valence-electron chi connectivity index (χ0n) is 12.6. The summed E-state index contributed by atoms with van der Waals surface area (Å²) in [6, 6.07) is 0.660. The third kappa shape index (κ3) is 4.07. The number of rotatable bonds is 9. The smallest absolute Gasteiger partial charge is 0.184 e. The zero-order chi connectivity index (χ0) is 13.8. The predicted octanol–water partition coefficient (Wildman–Crippen LogP) is 3.58. The lowest BCUT2D eigenvalue weighted by molar-refractivity contribution is -0.803. The molecule has 1 saturated heterocycles. The van der Waals surface area contributed by atoms with Crippen LogP contribution in [0.15, 0.2) is 25.3 Å². The molecular formula is C15H30NOSi+. The van der Waals surface area contributed by atoms with Gasteiger partial charge >= 0.3 is 0 Å². The number of hydrogen-bond acceptors (Lipinski definition) is 1. The Balaban J connectivity index is 2.70. The molecular weight excluding hydrogens is 238 g/mol.